The summed E-state index contributed by atoms with van der Waals surface area (Å²) in [6.45, 7) is 4.02. The highest BCUT2D eigenvalue weighted by molar-refractivity contribution is 5.84. The van der Waals surface area contributed by atoms with Gasteiger partial charge in [-0.15, -0.1) is 5.10 Å². The second-order valence-electron chi connectivity index (χ2n) is 4.73. The van der Waals surface area contributed by atoms with Gasteiger partial charge >= 0.3 is 5.76 Å². The van der Waals surface area contributed by atoms with Gasteiger partial charge in [0, 0.05) is 12.0 Å². The molecule has 0 fully saturated rings. The molecule has 2 radical (unpaired) electrons. The number of nitrogens with one attached hydrogen (secondary N) is 1. The van der Waals surface area contributed by atoms with Crippen molar-refractivity contribution in [3.05, 3.63) is 41.1 Å². The molecule has 0 aliphatic rings. The second-order valence-corrected chi connectivity index (χ2v) is 4.73. The van der Waals surface area contributed by atoms with Crippen LogP contribution in [0.1, 0.15) is 24.7 Å². The highest BCUT2D eigenvalue weighted by Crippen LogP contribution is 2.26. The molecule has 0 atom stereocenters. The number of benzene rings is 1. The number of hydrogen-bond donors (Lipinski definition) is 1. The Bertz CT molecular complexity index is 825. The molecule has 0 unspecified atom stereocenters. The van der Waals surface area contributed by atoms with Crippen molar-refractivity contribution in [3.8, 4) is 11.5 Å². The number of hydrogen-bond acceptors (Lipinski definition) is 4. The second kappa shape index (κ2) is 4.63. The third kappa shape index (κ3) is 1.93. The van der Waals surface area contributed by atoms with Gasteiger partial charge in [0.1, 0.15) is 5.82 Å². The quantitative estimate of drug-likeness (QED) is 0.791. The van der Waals surface area contributed by atoms with E-state index in [0.29, 0.717) is 5.56 Å². The predicted octanol–water partition coefficient (Wildman–Crippen LogP) is 2.16. The first kappa shape index (κ1) is 12.7. The van der Waals surface area contributed by atoms with E-state index in [1.54, 1.807) is 4.57 Å². The molecule has 0 saturated carbocycles. The Hall–Kier alpha value is -2.37. The van der Waals surface area contributed by atoms with Crippen LogP contribution in [-0.2, 0) is 6.42 Å². The summed E-state index contributed by atoms with van der Waals surface area (Å²) in [4.78, 5) is 15.6. The van der Waals surface area contributed by atoms with Gasteiger partial charge in [-0.1, -0.05) is 6.92 Å². The van der Waals surface area contributed by atoms with E-state index in [-0.39, 0.29) is 5.89 Å². The van der Waals surface area contributed by atoms with E-state index in [0.717, 1.165) is 35.3 Å². The fraction of sp³-hybridized carbons (Fsp3) is 0.286. The van der Waals surface area contributed by atoms with E-state index in [4.69, 9.17) is 11.5 Å². The van der Waals surface area contributed by atoms with E-state index < -0.39 is 5.76 Å². The molecule has 2 aromatic heterocycles. The normalized spacial score (nSPS) is 11.3. The van der Waals surface area contributed by atoms with Crippen molar-refractivity contribution in [1.82, 2.24) is 19.7 Å². The first-order valence-electron chi connectivity index (χ1n) is 6.43. The average molecular weight is 270 g/mol. The number of nitrogens with zero attached hydrogens (tertiary/aromatic N) is 3. The van der Waals surface area contributed by atoms with Crippen molar-refractivity contribution >= 4 is 11.0 Å². The summed E-state index contributed by atoms with van der Waals surface area (Å²) in [7, 11) is 6.08. The smallest absolute Gasteiger partial charge is 0.388 e. The van der Waals surface area contributed by atoms with Crippen LogP contribution in [0.2, 0.25) is 0 Å². The van der Waals surface area contributed by atoms with Crippen LogP contribution < -0.4 is 5.76 Å². The standard InChI is InChI=1S/C14H14N4O2/c1-4-5-11-15-12-8(2)6-9(7-10(12)18(11)3)13-16-17-14(19)20-13/h3,6-7H,4-5H2,1-2H3,(H,17,19). The van der Waals surface area contributed by atoms with Gasteiger partial charge in [0.25, 0.3) is 0 Å². The molecule has 0 aliphatic carbocycles. The maximum atomic E-state index is 11.0. The van der Waals surface area contributed by atoms with E-state index in [2.05, 4.69) is 22.1 Å². The molecule has 0 bridgehead atoms. The Morgan fingerprint density at radius 2 is 2.25 bits per heavy atom. The SMILES string of the molecule is [CH]n1c(CCC)nc2c(C)cc(-c3n[nH]c(=O)o3)cc21. The molecule has 0 aliphatic heterocycles. The number of aromatic amines is 1. The van der Waals surface area contributed by atoms with E-state index in [9.17, 15) is 4.79 Å². The molecular formula is C14H14N4O2. The van der Waals surface area contributed by atoms with Gasteiger partial charge in [0.2, 0.25) is 5.89 Å². The zero-order valence-electron chi connectivity index (χ0n) is 11.3. The van der Waals surface area contributed by atoms with Gasteiger partial charge in [-0.05, 0) is 31.0 Å². The number of rotatable bonds is 3. The maximum absolute atomic E-state index is 11.0. The Morgan fingerprint density at radius 3 is 2.90 bits per heavy atom. The van der Waals surface area contributed by atoms with Crippen molar-refractivity contribution in [1.29, 1.82) is 0 Å². The molecular weight excluding hydrogens is 256 g/mol. The van der Waals surface area contributed by atoms with Gasteiger partial charge in [-0.2, -0.15) is 0 Å². The summed E-state index contributed by atoms with van der Waals surface area (Å²) < 4.78 is 6.56. The van der Waals surface area contributed by atoms with Crippen molar-refractivity contribution in [2.75, 3.05) is 0 Å². The summed E-state index contributed by atoms with van der Waals surface area (Å²) in [5, 5.41) is 6.08. The van der Waals surface area contributed by atoms with Crippen LogP contribution >= 0.6 is 0 Å². The molecule has 0 saturated heterocycles. The number of H-pyrrole nitrogens is 1. The average Bonchev–Trinajstić information content (AvgIpc) is 2.97. The fourth-order valence-electron chi connectivity index (χ4n) is 2.29. The lowest BCUT2D eigenvalue weighted by atomic mass is 10.1. The minimum atomic E-state index is -0.578. The molecule has 0 spiro atoms. The minimum absolute atomic E-state index is 0.248. The first-order chi connectivity index (χ1) is 9.60. The van der Waals surface area contributed by atoms with Crippen molar-refractivity contribution in [2.24, 2.45) is 0 Å². The van der Waals surface area contributed by atoms with Gasteiger partial charge < -0.3 is 8.98 Å². The summed E-state index contributed by atoms with van der Waals surface area (Å²) in [6, 6.07) is 3.71. The number of aryl methyl sites for hydroxylation is 2. The number of aromatic nitrogens is 4. The Kier molecular flexibility index (Phi) is 2.93. The van der Waals surface area contributed by atoms with Crippen LogP contribution in [0.5, 0.6) is 0 Å². The lowest BCUT2D eigenvalue weighted by Gasteiger charge is -2.02. The minimum Gasteiger partial charge on any atom is -0.388 e. The van der Waals surface area contributed by atoms with Crippen LogP contribution in [0, 0.1) is 14.0 Å². The monoisotopic (exact) mass is 270 g/mol. The van der Waals surface area contributed by atoms with E-state index >= 15 is 0 Å². The van der Waals surface area contributed by atoms with E-state index in [1.807, 2.05) is 19.1 Å². The Morgan fingerprint density at radius 1 is 1.45 bits per heavy atom. The fourth-order valence-corrected chi connectivity index (χ4v) is 2.29. The van der Waals surface area contributed by atoms with E-state index in [1.165, 1.54) is 0 Å². The summed E-state index contributed by atoms with van der Waals surface area (Å²) >= 11 is 0. The van der Waals surface area contributed by atoms with Crippen molar-refractivity contribution in [3.63, 3.8) is 0 Å². The topological polar surface area (TPSA) is 76.7 Å². The van der Waals surface area contributed by atoms with Gasteiger partial charge in [0.15, 0.2) is 0 Å². The lowest BCUT2D eigenvalue weighted by molar-refractivity contribution is 0.527. The zero-order chi connectivity index (χ0) is 14.3. The van der Waals surface area contributed by atoms with Crippen LogP contribution in [0.3, 0.4) is 0 Å². The lowest BCUT2D eigenvalue weighted by Crippen LogP contribution is -1.94. The summed E-state index contributed by atoms with van der Waals surface area (Å²) in [5.74, 6) is 0.509. The molecule has 3 aromatic rings. The summed E-state index contributed by atoms with van der Waals surface area (Å²) in [5.41, 5.74) is 3.32. The first-order valence-corrected chi connectivity index (χ1v) is 6.43. The van der Waals surface area contributed by atoms with Crippen LogP contribution in [0.4, 0.5) is 0 Å². The van der Waals surface area contributed by atoms with Gasteiger partial charge in [-0.3, -0.25) is 0 Å². The predicted molar refractivity (Wildman–Crippen MR) is 74.3 cm³/mol. The van der Waals surface area contributed by atoms with Gasteiger partial charge in [0.05, 0.1) is 18.1 Å². The molecule has 0 amide bonds. The van der Waals surface area contributed by atoms with Crippen LogP contribution in [0.25, 0.3) is 22.5 Å². The Balaban J connectivity index is 2.22. The molecule has 1 aromatic carbocycles. The van der Waals surface area contributed by atoms with Gasteiger partial charge in [-0.25, -0.2) is 14.9 Å². The molecule has 1 N–H and O–H groups in total. The number of fused-ring (bicyclic) bond motifs is 1. The van der Waals surface area contributed by atoms with Crippen molar-refractivity contribution in [2.45, 2.75) is 26.7 Å². The zero-order valence-corrected chi connectivity index (χ0v) is 11.3. The molecule has 20 heavy (non-hydrogen) atoms. The molecule has 102 valence electrons. The Labute approximate surface area is 115 Å². The van der Waals surface area contributed by atoms with Crippen LogP contribution in [-0.4, -0.2) is 19.7 Å². The largest absolute Gasteiger partial charge is 0.434 e. The molecule has 2 heterocycles. The highest BCUT2D eigenvalue weighted by atomic mass is 16.4. The van der Waals surface area contributed by atoms with Crippen LogP contribution in [0.15, 0.2) is 21.3 Å². The molecule has 6 nitrogen and oxygen atoms in total. The molecule has 6 heteroatoms. The number of imidazole rings is 1. The highest BCUT2D eigenvalue weighted by Gasteiger charge is 2.14. The molecule has 3 rings (SSSR count). The third-order valence-corrected chi connectivity index (χ3v) is 3.22. The maximum Gasteiger partial charge on any atom is 0.434 e. The summed E-state index contributed by atoms with van der Waals surface area (Å²) in [6.07, 6.45) is 1.79. The third-order valence-electron chi connectivity index (χ3n) is 3.22. The van der Waals surface area contributed by atoms with Crippen molar-refractivity contribution < 1.29 is 4.42 Å².